The van der Waals surface area contributed by atoms with Crippen LogP contribution >= 0.6 is 0 Å². The van der Waals surface area contributed by atoms with Gasteiger partial charge in [-0.15, -0.1) is 0 Å². The summed E-state index contributed by atoms with van der Waals surface area (Å²) in [4.78, 5) is 12.8. The van der Waals surface area contributed by atoms with Crippen LogP contribution in [0.15, 0.2) is 11.3 Å². The fraction of sp³-hybridized carbons (Fsp3) is 0.940. The summed E-state index contributed by atoms with van der Waals surface area (Å²) in [7, 11) is 0. The second-order valence-electron chi connectivity index (χ2n) is 21.2. The molecule has 4 aliphatic carbocycles. The standard InChI is InChI=1S/C50H86O8/c1-5-20-45(35-53-36-45)23-14-8-11-17-26-56-43(41(4)44(51)52)48-29-42-30-49(32-48,57-27-18-12-9-15-24-46(21-6-2)37-54-38-46)34-50(31-42,33-48)58-28-19-13-10-16-25-47(22-7-3)39-55-40-47/h42H,5-40H2,1-4H3,(H,51,52). The fourth-order valence-corrected chi connectivity index (χ4v) is 13.2. The number of aliphatic carboxylic acids is 1. The SMILES string of the molecule is CCCC1(CCCCCCOC(=C(C)C(=O)O)C23CC4CC(OCCCCCCC5(CCC)COC5)(CC(OCCCCCCC5(CCC)COC5)(C4)C2)C3)COC1. The van der Waals surface area contributed by atoms with Crippen molar-refractivity contribution in [3.8, 4) is 0 Å². The number of carboxylic acids is 1. The van der Waals surface area contributed by atoms with Gasteiger partial charge >= 0.3 is 5.97 Å². The molecule has 4 bridgehead atoms. The Hall–Kier alpha value is -1.19. The summed E-state index contributed by atoms with van der Waals surface area (Å²) in [6.45, 7) is 16.4. The third-order valence-electron chi connectivity index (χ3n) is 15.8. The van der Waals surface area contributed by atoms with E-state index in [4.69, 9.17) is 28.4 Å². The molecule has 4 saturated carbocycles. The zero-order valence-electron chi connectivity index (χ0n) is 37.8. The van der Waals surface area contributed by atoms with Gasteiger partial charge < -0.3 is 33.5 Å². The molecule has 3 aliphatic heterocycles. The van der Waals surface area contributed by atoms with Crippen molar-refractivity contribution in [1.82, 2.24) is 0 Å². The number of ether oxygens (including phenoxy) is 6. The smallest absolute Gasteiger partial charge is 0.334 e. The van der Waals surface area contributed by atoms with E-state index in [1.807, 2.05) is 0 Å². The number of unbranched alkanes of at least 4 members (excludes halogenated alkanes) is 9. The fourth-order valence-electron chi connectivity index (χ4n) is 13.2. The Morgan fingerprint density at radius 3 is 1.29 bits per heavy atom. The number of allylic oxidation sites excluding steroid dienone is 1. The van der Waals surface area contributed by atoms with Crippen molar-refractivity contribution in [2.45, 2.75) is 212 Å². The molecule has 334 valence electrons. The molecule has 0 spiro atoms. The van der Waals surface area contributed by atoms with Gasteiger partial charge in [0.1, 0.15) is 5.76 Å². The average Bonchev–Trinajstić information content (AvgIpc) is 3.14. The van der Waals surface area contributed by atoms with Crippen molar-refractivity contribution in [3.63, 3.8) is 0 Å². The lowest BCUT2D eigenvalue weighted by Gasteiger charge is -2.66. The normalized spacial score (nSPS) is 30.3. The maximum atomic E-state index is 12.8. The van der Waals surface area contributed by atoms with Gasteiger partial charge in [0.2, 0.25) is 0 Å². The molecule has 7 aliphatic rings. The molecule has 7 rings (SSSR count). The first-order valence-corrected chi connectivity index (χ1v) is 24.7. The van der Waals surface area contributed by atoms with Crippen molar-refractivity contribution in [3.05, 3.63) is 11.3 Å². The third-order valence-corrected chi connectivity index (χ3v) is 15.8. The molecule has 0 amide bonds. The molecular weight excluding hydrogens is 729 g/mol. The monoisotopic (exact) mass is 815 g/mol. The minimum Gasteiger partial charge on any atom is -0.497 e. The van der Waals surface area contributed by atoms with Gasteiger partial charge in [0.05, 0.1) is 63.0 Å². The van der Waals surface area contributed by atoms with Gasteiger partial charge in [-0.1, -0.05) is 97.8 Å². The highest BCUT2D eigenvalue weighted by Gasteiger charge is 2.66. The van der Waals surface area contributed by atoms with Gasteiger partial charge in [0.15, 0.2) is 0 Å². The maximum Gasteiger partial charge on any atom is 0.334 e. The van der Waals surface area contributed by atoms with Crippen molar-refractivity contribution in [2.24, 2.45) is 27.6 Å². The van der Waals surface area contributed by atoms with E-state index in [9.17, 15) is 9.90 Å². The van der Waals surface area contributed by atoms with Crippen LogP contribution < -0.4 is 0 Å². The summed E-state index contributed by atoms with van der Waals surface area (Å²) in [6, 6.07) is 0. The van der Waals surface area contributed by atoms with Crippen LogP contribution in [0.2, 0.25) is 0 Å². The van der Waals surface area contributed by atoms with E-state index >= 15 is 0 Å². The van der Waals surface area contributed by atoms with Crippen molar-refractivity contribution >= 4 is 5.97 Å². The van der Waals surface area contributed by atoms with E-state index in [1.54, 1.807) is 6.92 Å². The molecule has 1 N–H and O–H groups in total. The lowest BCUT2D eigenvalue weighted by Crippen LogP contribution is -2.65. The lowest BCUT2D eigenvalue weighted by atomic mass is 9.45. The van der Waals surface area contributed by atoms with Crippen LogP contribution in [0.1, 0.15) is 201 Å². The Kier molecular flexibility index (Phi) is 17.0. The second kappa shape index (κ2) is 21.3. The summed E-state index contributed by atoms with van der Waals surface area (Å²) in [6.07, 6.45) is 31.2. The summed E-state index contributed by atoms with van der Waals surface area (Å²) in [5.41, 5.74) is 0.782. The van der Waals surface area contributed by atoms with Crippen molar-refractivity contribution in [2.75, 3.05) is 59.5 Å². The lowest BCUT2D eigenvalue weighted by molar-refractivity contribution is -0.261. The van der Waals surface area contributed by atoms with E-state index in [1.165, 1.54) is 109 Å². The molecule has 8 nitrogen and oxygen atoms in total. The van der Waals surface area contributed by atoms with Crippen LogP contribution in [-0.2, 0) is 33.2 Å². The first-order valence-electron chi connectivity index (χ1n) is 24.7. The van der Waals surface area contributed by atoms with E-state index in [-0.39, 0.29) is 16.6 Å². The molecule has 8 heteroatoms. The van der Waals surface area contributed by atoms with E-state index in [2.05, 4.69) is 20.8 Å². The summed E-state index contributed by atoms with van der Waals surface area (Å²) in [5, 5.41) is 10.5. The van der Waals surface area contributed by atoms with E-state index < -0.39 is 5.97 Å². The Balaban J connectivity index is 1.05. The van der Waals surface area contributed by atoms with E-state index in [0.29, 0.717) is 34.3 Å². The number of rotatable bonds is 32. The first kappa shape index (κ1) is 46.3. The first-order chi connectivity index (χ1) is 28.1. The minimum atomic E-state index is -0.858. The summed E-state index contributed by atoms with van der Waals surface area (Å²) < 4.78 is 37.8. The predicted molar refractivity (Wildman–Crippen MR) is 231 cm³/mol. The summed E-state index contributed by atoms with van der Waals surface area (Å²) in [5.74, 6) is 0.338. The average molecular weight is 815 g/mol. The highest BCUT2D eigenvalue weighted by molar-refractivity contribution is 5.86. The number of hydrogen-bond donors (Lipinski definition) is 1. The molecule has 0 aromatic heterocycles. The maximum absolute atomic E-state index is 12.8. The number of carboxylic acid groups (broad SMARTS) is 1. The van der Waals surface area contributed by atoms with Gasteiger partial charge in [-0.05, 0) is 103 Å². The summed E-state index contributed by atoms with van der Waals surface area (Å²) >= 11 is 0. The third kappa shape index (κ3) is 11.6. The Bertz CT molecular complexity index is 1240. The van der Waals surface area contributed by atoms with Crippen LogP contribution in [0, 0.1) is 27.6 Å². The zero-order valence-corrected chi connectivity index (χ0v) is 37.8. The Labute approximate surface area is 354 Å². The molecule has 58 heavy (non-hydrogen) atoms. The van der Waals surface area contributed by atoms with Crippen molar-refractivity contribution in [1.29, 1.82) is 0 Å². The molecule has 0 aromatic rings. The quantitative estimate of drug-likeness (QED) is 0.0408. The molecule has 3 heterocycles. The highest BCUT2D eigenvalue weighted by atomic mass is 16.5. The second-order valence-corrected chi connectivity index (χ2v) is 21.2. The Morgan fingerprint density at radius 1 is 0.534 bits per heavy atom. The minimum absolute atomic E-state index is 0.278. The van der Waals surface area contributed by atoms with Crippen LogP contribution in [0.4, 0.5) is 0 Å². The van der Waals surface area contributed by atoms with Crippen LogP contribution in [0.3, 0.4) is 0 Å². The molecule has 3 saturated heterocycles. The highest BCUT2D eigenvalue weighted by Crippen LogP contribution is 2.68. The van der Waals surface area contributed by atoms with Crippen LogP contribution in [-0.4, -0.2) is 81.7 Å². The number of carbonyl (C=O) groups is 1. The number of hydrogen-bond acceptors (Lipinski definition) is 7. The molecular formula is C50H86O8. The van der Waals surface area contributed by atoms with Gasteiger partial charge in [-0.25, -0.2) is 4.79 Å². The van der Waals surface area contributed by atoms with Gasteiger partial charge in [0, 0.05) is 41.3 Å². The molecule has 0 radical (unpaired) electrons. The zero-order chi connectivity index (χ0) is 41.0. The topological polar surface area (TPSA) is 92.7 Å². The van der Waals surface area contributed by atoms with Crippen molar-refractivity contribution < 1.29 is 38.3 Å². The van der Waals surface area contributed by atoms with Crippen LogP contribution in [0.5, 0.6) is 0 Å². The predicted octanol–water partition coefficient (Wildman–Crippen LogP) is 12.2. The Morgan fingerprint density at radius 2 is 0.931 bits per heavy atom. The molecule has 0 aromatic carbocycles. The van der Waals surface area contributed by atoms with Gasteiger partial charge in [0.25, 0.3) is 0 Å². The largest absolute Gasteiger partial charge is 0.497 e. The van der Waals surface area contributed by atoms with E-state index in [0.717, 1.165) is 123 Å². The molecule has 2 unspecified atom stereocenters. The van der Waals surface area contributed by atoms with Crippen LogP contribution in [0.25, 0.3) is 0 Å². The molecule has 7 fully saturated rings. The van der Waals surface area contributed by atoms with Gasteiger partial charge in [-0.2, -0.15) is 0 Å². The molecule has 2 atom stereocenters. The van der Waals surface area contributed by atoms with Gasteiger partial charge in [-0.3, -0.25) is 0 Å².